The number of fused-ring (bicyclic) bond motifs is 1. The van der Waals surface area contributed by atoms with Crippen molar-refractivity contribution in [3.8, 4) is 0 Å². The number of carbonyl (C=O) groups excluding carboxylic acids is 2. The molecule has 8 heteroatoms. The summed E-state index contributed by atoms with van der Waals surface area (Å²) in [5.74, 6) is -0.456. The molecule has 1 amide bonds. The fraction of sp³-hybridized carbons (Fsp3) is 0.118. The minimum Gasteiger partial charge on any atom is -0.465 e. The third-order valence-corrected chi connectivity index (χ3v) is 4.54. The highest BCUT2D eigenvalue weighted by molar-refractivity contribution is 7.99. The molecule has 0 aliphatic rings. The minimum absolute atomic E-state index is 0.134. The molecular weight excluding hydrogens is 362 g/mol. The molecule has 0 unspecified atom stereocenters. The number of ether oxygens (including phenoxy) is 1. The first-order valence-electron chi connectivity index (χ1n) is 7.32. The highest BCUT2D eigenvalue weighted by Gasteiger charge is 2.15. The maximum atomic E-state index is 12.0. The zero-order valence-corrected chi connectivity index (χ0v) is 14.8. The molecule has 3 rings (SSSR count). The van der Waals surface area contributed by atoms with Crippen LogP contribution < -0.4 is 5.32 Å². The van der Waals surface area contributed by atoms with Gasteiger partial charge in [-0.25, -0.2) is 9.78 Å². The molecule has 2 aromatic carbocycles. The van der Waals surface area contributed by atoms with Gasteiger partial charge in [-0.15, -0.1) is 0 Å². The number of methoxy groups -OCH3 is 1. The second-order valence-electron chi connectivity index (χ2n) is 5.09. The summed E-state index contributed by atoms with van der Waals surface area (Å²) in [5, 5.41) is 3.65. The van der Waals surface area contributed by atoms with Gasteiger partial charge in [-0.05, 0) is 24.3 Å². The van der Waals surface area contributed by atoms with Gasteiger partial charge in [0.1, 0.15) is 0 Å². The molecule has 0 aliphatic heterocycles. The third kappa shape index (κ3) is 4.12. The number of anilines is 1. The van der Waals surface area contributed by atoms with Gasteiger partial charge in [0.15, 0.2) is 5.16 Å². The van der Waals surface area contributed by atoms with Crippen LogP contribution in [0.1, 0.15) is 10.4 Å². The molecule has 1 aromatic heterocycles. The van der Waals surface area contributed by atoms with Gasteiger partial charge in [0.25, 0.3) is 0 Å². The summed E-state index contributed by atoms with van der Waals surface area (Å²) in [5.41, 5.74) is 2.26. The molecule has 0 bridgehead atoms. The van der Waals surface area contributed by atoms with E-state index in [4.69, 9.17) is 11.6 Å². The standard InChI is InChI=1S/C17H14ClN3O3S/c1-24-16(23)11-7-13-14(8-12(11)18)21-17(20-13)25-9-15(22)19-10-5-3-2-4-6-10/h2-8H,9H2,1H3,(H,19,22)(H,20,21). The van der Waals surface area contributed by atoms with Gasteiger partial charge in [0, 0.05) is 5.69 Å². The molecule has 1 heterocycles. The number of hydrogen-bond acceptors (Lipinski definition) is 5. The second-order valence-corrected chi connectivity index (χ2v) is 6.46. The molecule has 0 saturated heterocycles. The largest absolute Gasteiger partial charge is 0.465 e. The van der Waals surface area contributed by atoms with E-state index in [-0.39, 0.29) is 22.2 Å². The van der Waals surface area contributed by atoms with E-state index < -0.39 is 5.97 Å². The first kappa shape index (κ1) is 17.3. The van der Waals surface area contributed by atoms with E-state index in [1.165, 1.54) is 18.9 Å². The van der Waals surface area contributed by atoms with Crippen LogP contribution in [0.5, 0.6) is 0 Å². The number of halogens is 1. The van der Waals surface area contributed by atoms with Crippen molar-refractivity contribution in [2.45, 2.75) is 5.16 Å². The van der Waals surface area contributed by atoms with Crippen molar-refractivity contribution < 1.29 is 14.3 Å². The fourth-order valence-corrected chi connectivity index (χ4v) is 3.12. The number of esters is 1. The Kier molecular flexibility index (Phi) is 5.25. The summed E-state index contributed by atoms with van der Waals surface area (Å²) in [6.07, 6.45) is 0. The molecule has 25 heavy (non-hydrogen) atoms. The molecule has 0 fully saturated rings. The fourth-order valence-electron chi connectivity index (χ4n) is 2.19. The van der Waals surface area contributed by atoms with E-state index in [0.29, 0.717) is 16.2 Å². The molecule has 3 aromatic rings. The summed E-state index contributed by atoms with van der Waals surface area (Å²) in [4.78, 5) is 31.1. The quantitative estimate of drug-likeness (QED) is 0.524. The molecule has 128 valence electrons. The summed E-state index contributed by atoms with van der Waals surface area (Å²) in [6.45, 7) is 0. The average molecular weight is 376 g/mol. The smallest absolute Gasteiger partial charge is 0.339 e. The Hall–Kier alpha value is -2.51. The van der Waals surface area contributed by atoms with E-state index in [9.17, 15) is 9.59 Å². The van der Waals surface area contributed by atoms with Gasteiger partial charge in [0.2, 0.25) is 5.91 Å². The van der Waals surface area contributed by atoms with Crippen LogP contribution in [0.15, 0.2) is 47.6 Å². The predicted molar refractivity (Wildman–Crippen MR) is 98.2 cm³/mol. The Bertz CT molecular complexity index is 928. The number of aromatic nitrogens is 2. The Labute approximate surface area is 152 Å². The van der Waals surface area contributed by atoms with Crippen LogP contribution in [-0.2, 0) is 9.53 Å². The molecule has 2 N–H and O–H groups in total. The van der Waals surface area contributed by atoms with Crippen LogP contribution in [0.2, 0.25) is 5.02 Å². The zero-order valence-electron chi connectivity index (χ0n) is 13.2. The Morgan fingerprint density at radius 2 is 2.04 bits per heavy atom. The maximum absolute atomic E-state index is 12.0. The molecule has 0 saturated carbocycles. The summed E-state index contributed by atoms with van der Waals surface area (Å²) in [6, 6.07) is 12.4. The van der Waals surface area contributed by atoms with Crippen molar-refractivity contribution in [2.75, 3.05) is 18.2 Å². The van der Waals surface area contributed by atoms with Gasteiger partial charge in [-0.2, -0.15) is 0 Å². The maximum Gasteiger partial charge on any atom is 0.339 e. The number of rotatable bonds is 5. The highest BCUT2D eigenvalue weighted by Crippen LogP contribution is 2.26. The molecular formula is C17H14ClN3O3S. The lowest BCUT2D eigenvalue weighted by Crippen LogP contribution is -2.13. The lowest BCUT2D eigenvalue weighted by Gasteiger charge is -2.03. The van der Waals surface area contributed by atoms with Gasteiger partial charge < -0.3 is 15.0 Å². The number of H-pyrrole nitrogens is 1. The van der Waals surface area contributed by atoms with Crippen molar-refractivity contribution in [3.05, 3.63) is 53.1 Å². The van der Waals surface area contributed by atoms with Crippen LogP contribution in [0, 0.1) is 0 Å². The van der Waals surface area contributed by atoms with Crippen molar-refractivity contribution in [3.63, 3.8) is 0 Å². The van der Waals surface area contributed by atoms with Gasteiger partial charge >= 0.3 is 5.97 Å². The molecule has 0 radical (unpaired) electrons. The van der Waals surface area contributed by atoms with Crippen molar-refractivity contribution in [1.82, 2.24) is 9.97 Å². The van der Waals surface area contributed by atoms with Crippen molar-refractivity contribution in [2.24, 2.45) is 0 Å². The number of thioether (sulfide) groups is 1. The van der Waals surface area contributed by atoms with Crippen LogP contribution >= 0.6 is 23.4 Å². The summed E-state index contributed by atoms with van der Waals surface area (Å²) < 4.78 is 4.69. The van der Waals surface area contributed by atoms with Gasteiger partial charge in [-0.3, -0.25) is 4.79 Å². The highest BCUT2D eigenvalue weighted by atomic mass is 35.5. The third-order valence-electron chi connectivity index (χ3n) is 3.35. The number of para-hydroxylation sites is 1. The summed E-state index contributed by atoms with van der Waals surface area (Å²) >= 11 is 7.35. The Morgan fingerprint density at radius 3 is 2.76 bits per heavy atom. The molecule has 6 nitrogen and oxygen atoms in total. The monoisotopic (exact) mass is 375 g/mol. The number of nitrogens with zero attached hydrogens (tertiary/aromatic N) is 1. The normalized spacial score (nSPS) is 10.6. The molecule has 0 aliphatic carbocycles. The van der Waals surface area contributed by atoms with E-state index >= 15 is 0 Å². The number of nitrogens with one attached hydrogen (secondary N) is 2. The number of carbonyl (C=O) groups is 2. The predicted octanol–water partition coefficient (Wildman–Crippen LogP) is 3.73. The van der Waals surface area contributed by atoms with Gasteiger partial charge in [-0.1, -0.05) is 41.6 Å². The minimum atomic E-state index is -0.522. The van der Waals surface area contributed by atoms with E-state index in [2.05, 4.69) is 20.0 Å². The topological polar surface area (TPSA) is 84.1 Å². The van der Waals surface area contributed by atoms with Gasteiger partial charge in [0.05, 0.1) is 34.5 Å². The van der Waals surface area contributed by atoms with Crippen molar-refractivity contribution in [1.29, 1.82) is 0 Å². The lowest BCUT2D eigenvalue weighted by atomic mass is 10.2. The number of amides is 1. The number of imidazole rings is 1. The second kappa shape index (κ2) is 7.58. The van der Waals surface area contributed by atoms with E-state index in [1.54, 1.807) is 12.1 Å². The average Bonchev–Trinajstić information content (AvgIpc) is 3.01. The van der Waals surface area contributed by atoms with Crippen LogP contribution in [0.25, 0.3) is 11.0 Å². The van der Waals surface area contributed by atoms with Crippen LogP contribution in [-0.4, -0.2) is 34.7 Å². The number of benzene rings is 2. The number of aromatic amines is 1. The SMILES string of the molecule is COC(=O)c1cc2nc(SCC(=O)Nc3ccccc3)[nH]c2cc1Cl. The molecule has 0 spiro atoms. The Morgan fingerprint density at radius 1 is 1.28 bits per heavy atom. The van der Waals surface area contributed by atoms with E-state index in [0.717, 1.165) is 5.69 Å². The molecule has 0 atom stereocenters. The van der Waals surface area contributed by atoms with Crippen LogP contribution in [0.3, 0.4) is 0 Å². The zero-order chi connectivity index (χ0) is 17.8. The first-order chi connectivity index (χ1) is 12.1. The summed E-state index contributed by atoms with van der Waals surface area (Å²) in [7, 11) is 1.29. The Balaban J connectivity index is 1.70. The first-order valence-corrected chi connectivity index (χ1v) is 8.68. The van der Waals surface area contributed by atoms with E-state index in [1.807, 2.05) is 30.3 Å². The van der Waals surface area contributed by atoms with Crippen molar-refractivity contribution >= 4 is 52.0 Å². The lowest BCUT2D eigenvalue weighted by molar-refractivity contribution is -0.113. The number of hydrogen-bond donors (Lipinski definition) is 2. The van der Waals surface area contributed by atoms with Crippen LogP contribution in [0.4, 0.5) is 5.69 Å².